The van der Waals surface area contributed by atoms with Crippen LogP contribution in [0.5, 0.6) is 0 Å². The molecule has 0 spiro atoms. The number of alkyl halides is 1. The topological polar surface area (TPSA) is 34.9 Å². The Kier molecular flexibility index (Phi) is 4.57. The molecule has 1 aromatic heterocycles. The molecule has 0 bridgehead atoms. The molecule has 124 valence electrons. The molecule has 3 rings (SSSR count). The van der Waals surface area contributed by atoms with E-state index in [9.17, 15) is 18.0 Å². The number of aromatic nitrogens is 2. The number of hydrogen-bond donors (Lipinski definition) is 0. The van der Waals surface area contributed by atoms with Crippen LogP contribution in [-0.4, -0.2) is 15.7 Å². The van der Waals surface area contributed by atoms with Crippen molar-refractivity contribution in [3.8, 4) is 11.3 Å². The minimum absolute atomic E-state index is 0.00988. The maximum Gasteiger partial charge on any atom is 0.274 e. The summed E-state index contributed by atoms with van der Waals surface area (Å²) in [4.78, 5) is 12.5. The molecule has 0 aliphatic heterocycles. The van der Waals surface area contributed by atoms with Crippen molar-refractivity contribution in [2.45, 2.75) is 13.0 Å². The maximum atomic E-state index is 14.2. The molecule has 0 atom stereocenters. The number of benzene rings is 2. The normalized spacial score (nSPS) is 11.2. The molecule has 0 saturated carbocycles. The molecule has 1 heterocycles. The molecule has 7 heteroatoms. The van der Waals surface area contributed by atoms with Crippen molar-refractivity contribution in [3.05, 3.63) is 64.2 Å². The zero-order valence-electron chi connectivity index (χ0n) is 12.4. The molecular weight excluding hydrogens is 341 g/mol. The molecule has 2 aromatic carbocycles. The van der Waals surface area contributed by atoms with Gasteiger partial charge < -0.3 is 0 Å². The summed E-state index contributed by atoms with van der Waals surface area (Å²) in [6, 6.07) is 7.75. The van der Waals surface area contributed by atoms with Crippen LogP contribution in [0.1, 0.15) is 6.42 Å². The summed E-state index contributed by atoms with van der Waals surface area (Å²) in [5.41, 5.74) is -0.684. The fourth-order valence-corrected chi connectivity index (χ4v) is 2.64. The quantitative estimate of drug-likeness (QED) is 0.523. The van der Waals surface area contributed by atoms with Crippen LogP contribution in [0.4, 0.5) is 13.2 Å². The van der Waals surface area contributed by atoms with Gasteiger partial charge in [0.15, 0.2) is 11.6 Å². The third-order valence-electron chi connectivity index (χ3n) is 3.62. The van der Waals surface area contributed by atoms with Crippen LogP contribution in [0.25, 0.3) is 22.0 Å². The minimum Gasteiger partial charge on any atom is -0.267 e. The summed E-state index contributed by atoms with van der Waals surface area (Å²) in [6.45, 7) is 0.222. The molecular formula is C17H12ClF3N2O. The molecule has 0 amide bonds. The molecule has 0 aliphatic carbocycles. The number of fused-ring (bicyclic) bond motifs is 1. The number of aryl methyl sites for hydroxylation is 1. The molecule has 0 N–H and O–H groups in total. The van der Waals surface area contributed by atoms with Crippen molar-refractivity contribution in [1.29, 1.82) is 0 Å². The lowest BCUT2D eigenvalue weighted by Crippen LogP contribution is -2.24. The first kappa shape index (κ1) is 16.5. The van der Waals surface area contributed by atoms with Gasteiger partial charge in [-0.05, 0) is 18.6 Å². The van der Waals surface area contributed by atoms with Crippen molar-refractivity contribution in [2.75, 3.05) is 5.88 Å². The van der Waals surface area contributed by atoms with E-state index in [1.54, 1.807) is 24.3 Å². The van der Waals surface area contributed by atoms with Gasteiger partial charge in [-0.15, -0.1) is 11.6 Å². The molecule has 0 radical (unpaired) electrons. The van der Waals surface area contributed by atoms with Crippen molar-refractivity contribution in [3.63, 3.8) is 0 Å². The van der Waals surface area contributed by atoms with Crippen LogP contribution >= 0.6 is 11.6 Å². The zero-order valence-corrected chi connectivity index (χ0v) is 13.2. The van der Waals surface area contributed by atoms with Gasteiger partial charge in [-0.3, -0.25) is 4.79 Å². The average Bonchev–Trinajstić information content (AvgIpc) is 2.58. The monoisotopic (exact) mass is 352 g/mol. The van der Waals surface area contributed by atoms with Gasteiger partial charge in [-0.25, -0.2) is 17.9 Å². The van der Waals surface area contributed by atoms with E-state index in [1.807, 2.05) is 0 Å². The Bertz CT molecular complexity index is 972. The second-order valence-corrected chi connectivity index (χ2v) is 5.59. The molecule has 0 unspecified atom stereocenters. The van der Waals surface area contributed by atoms with E-state index < -0.39 is 17.5 Å². The van der Waals surface area contributed by atoms with Gasteiger partial charge in [0.1, 0.15) is 11.5 Å². The fraction of sp³-hybridized carbons (Fsp3) is 0.176. The highest BCUT2D eigenvalue weighted by molar-refractivity contribution is 6.17. The lowest BCUT2D eigenvalue weighted by atomic mass is 10.0. The maximum absolute atomic E-state index is 14.2. The highest BCUT2D eigenvalue weighted by Gasteiger charge is 2.18. The van der Waals surface area contributed by atoms with Gasteiger partial charge in [0.25, 0.3) is 5.56 Å². The Labute approximate surface area is 140 Å². The van der Waals surface area contributed by atoms with Gasteiger partial charge in [0.2, 0.25) is 0 Å². The van der Waals surface area contributed by atoms with Gasteiger partial charge in [-0.1, -0.05) is 18.2 Å². The van der Waals surface area contributed by atoms with E-state index in [0.717, 1.165) is 10.7 Å². The molecule has 3 nitrogen and oxygen atoms in total. The van der Waals surface area contributed by atoms with Crippen LogP contribution in [0.3, 0.4) is 0 Å². The number of nitrogens with zero attached hydrogens (tertiary/aromatic N) is 2. The largest absolute Gasteiger partial charge is 0.274 e. The zero-order chi connectivity index (χ0) is 17.3. The molecule has 3 aromatic rings. The van der Waals surface area contributed by atoms with Crippen molar-refractivity contribution >= 4 is 22.4 Å². The third kappa shape index (κ3) is 2.89. The Morgan fingerprint density at radius 1 is 1.08 bits per heavy atom. The van der Waals surface area contributed by atoms with E-state index in [1.165, 1.54) is 0 Å². The van der Waals surface area contributed by atoms with Crippen LogP contribution in [-0.2, 0) is 6.54 Å². The highest BCUT2D eigenvalue weighted by atomic mass is 35.5. The van der Waals surface area contributed by atoms with Crippen LogP contribution < -0.4 is 5.56 Å². The van der Waals surface area contributed by atoms with Gasteiger partial charge in [0, 0.05) is 29.4 Å². The average molecular weight is 353 g/mol. The van der Waals surface area contributed by atoms with Crippen molar-refractivity contribution in [1.82, 2.24) is 9.78 Å². The van der Waals surface area contributed by atoms with E-state index >= 15 is 0 Å². The molecule has 0 fully saturated rings. The Balaban J connectivity index is 2.35. The van der Waals surface area contributed by atoms with E-state index in [2.05, 4.69) is 5.10 Å². The number of rotatable bonds is 4. The van der Waals surface area contributed by atoms with Gasteiger partial charge >= 0.3 is 0 Å². The van der Waals surface area contributed by atoms with Crippen LogP contribution in [0, 0.1) is 17.5 Å². The standard InChI is InChI=1S/C17H12ClF3N2O/c18-6-3-7-23-17(24)12-5-2-1-4-11(12)16(22-23)13-8-10(19)9-14(20)15(13)21/h1-2,4-5,8-9H,3,6-7H2. The highest BCUT2D eigenvalue weighted by Crippen LogP contribution is 2.29. The summed E-state index contributed by atoms with van der Waals surface area (Å²) in [5, 5.41) is 4.74. The second kappa shape index (κ2) is 6.65. The Hall–Kier alpha value is -2.34. The van der Waals surface area contributed by atoms with E-state index in [-0.39, 0.29) is 23.4 Å². The van der Waals surface area contributed by atoms with Gasteiger partial charge in [0.05, 0.1) is 5.39 Å². The lowest BCUT2D eigenvalue weighted by molar-refractivity contribution is 0.496. The van der Waals surface area contributed by atoms with Crippen molar-refractivity contribution in [2.24, 2.45) is 0 Å². The molecule has 0 saturated heterocycles. The lowest BCUT2D eigenvalue weighted by Gasteiger charge is -2.12. The first-order chi connectivity index (χ1) is 11.5. The molecule has 24 heavy (non-hydrogen) atoms. The summed E-state index contributed by atoms with van der Waals surface area (Å²) >= 11 is 5.64. The van der Waals surface area contributed by atoms with Crippen LogP contribution in [0.2, 0.25) is 0 Å². The minimum atomic E-state index is -1.31. The summed E-state index contributed by atoms with van der Waals surface area (Å²) in [6.07, 6.45) is 0.478. The number of halogens is 4. The number of hydrogen-bond acceptors (Lipinski definition) is 2. The van der Waals surface area contributed by atoms with E-state index in [0.29, 0.717) is 29.1 Å². The summed E-state index contributed by atoms with van der Waals surface area (Å²) in [7, 11) is 0. The first-order valence-corrected chi connectivity index (χ1v) is 7.77. The SMILES string of the molecule is O=c1c2ccccc2c(-c2cc(F)cc(F)c2F)nn1CCCCl. The summed E-state index contributed by atoms with van der Waals surface area (Å²) < 4.78 is 42.5. The van der Waals surface area contributed by atoms with Crippen molar-refractivity contribution < 1.29 is 13.2 Å². The predicted molar refractivity (Wildman–Crippen MR) is 86.7 cm³/mol. The molecule has 0 aliphatic rings. The fourth-order valence-electron chi connectivity index (χ4n) is 2.52. The van der Waals surface area contributed by atoms with Crippen LogP contribution in [0.15, 0.2) is 41.2 Å². The van der Waals surface area contributed by atoms with E-state index in [4.69, 9.17) is 11.6 Å². The van der Waals surface area contributed by atoms with Gasteiger partial charge in [-0.2, -0.15) is 5.10 Å². The second-order valence-electron chi connectivity index (χ2n) is 5.21. The predicted octanol–water partition coefficient (Wildman–Crippen LogP) is 4.11. The first-order valence-electron chi connectivity index (χ1n) is 7.23. The summed E-state index contributed by atoms with van der Waals surface area (Å²) in [5.74, 6) is -3.13. The Morgan fingerprint density at radius 2 is 1.79 bits per heavy atom. The Morgan fingerprint density at radius 3 is 2.50 bits per heavy atom. The third-order valence-corrected chi connectivity index (χ3v) is 3.89. The smallest absolute Gasteiger partial charge is 0.267 e.